The third-order valence-electron chi connectivity index (χ3n) is 2.56. The molecule has 1 aromatic heterocycles. The van der Waals surface area contributed by atoms with Gasteiger partial charge in [0, 0.05) is 6.20 Å². The van der Waals surface area contributed by atoms with E-state index in [4.69, 9.17) is 5.11 Å². The number of amides is 1. The Bertz CT molecular complexity index is 716. The number of carboxylic acids is 1. The highest BCUT2D eigenvalue weighted by Gasteiger charge is 2.14. The van der Waals surface area contributed by atoms with Gasteiger partial charge in [-0.15, -0.1) is 0 Å². The maximum absolute atomic E-state index is 11.9. The molecule has 3 N–H and O–H groups in total. The molecule has 0 bridgehead atoms. The molecule has 0 radical (unpaired) electrons. The molecule has 0 fully saturated rings. The van der Waals surface area contributed by atoms with E-state index in [2.05, 4.69) is 15.3 Å². The van der Waals surface area contributed by atoms with E-state index in [1.165, 1.54) is 12.1 Å². The fourth-order valence-corrected chi connectivity index (χ4v) is 1.60. The number of aromatic carboxylic acids is 1. The van der Waals surface area contributed by atoms with Crippen molar-refractivity contribution in [3.63, 3.8) is 0 Å². The van der Waals surface area contributed by atoms with Gasteiger partial charge in [-0.05, 0) is 19.1 Å². The summed E-state index contributed by atoms with van der Waals surface area (Å²) in [5.41, 5.74) is 0.482. The van der Waals surface area contributed by atoms with Crippen molar-refractivity contribution in [2.24, 2.45) is 0 Å². The molecule has 2 aromatic rings. The number of aryl methyl sites for hydroxylation is 1. The molecule has 2 rings (SSSR count). The van der Waals surface area contributed by atoms with E-state index in [1.54, 1.807) is 13.0 Å². The second-order valence-corrected chi connectivity index (χ2v) is 4.10. The molecule has 0 spiro atoms. The number of H-pyrrole nitrogens is 1. The van der Waals surface area contributed by atoms with Crippen molar-refractivity contribution in [2.75, 3.05) is 5.32 Å². The van der Waals surface area contributed by atoms with Crippen molar-refractivity contribution in [2.45, 2.75) is 6.92 Å². The quantitative estimate of drug-likeness (QED) is 0.773. The number of hydrogen-bond acceptors (Lipinski definition) is 4. The van der Waals surface area contributed by atoms with E-state index >= 15 is 0 Å². The monoisotopic (exact) mass is 273 g/mol. The van der Waals surface area contributed by atoms with Gasteiger partial charge in [0.15, 0.2) is 0 Å². The molecular formula is C13H11N3O4. The molecule has 0 saturated carbocycles. The lowest BCUT2D eigenvalue weighted by Gasteiger charge is -2.08. The molecule has 1 heterocycles. The predicted molar refractivity (Wildman–Crippen MR) is 70.9 cm³/mol. The minimum atomic E-state index is -1.14. The molecule has 1 aromatic carbocycles. The van der Waals surface area contributed by atoms with Crippen LogP contribution in [0.4, 0.5) is 5.69 Å². The summed E-state index contributed by atoms with van der Waals surface area (Å²) in [6.45, 7) is 1.75. The number of anilines is 1. The Kier molecular flexibility index (Phi) is 3.60. The van der Waals surface area contributed by atoms with Crippen molar-refractivity contribution in [1.82, 2.24) is 9.97 Å². The lowest BCUT2D eigenvalue weighted by molar-refractivity contribution is 0.0698. The van der Waals surface area contributed by atoms with Gasteiger partial charge in [-0.1, -0.05) is 11.6 Å². The highest BCUT2D eigenvalue weighted by Crippen LogP contribution is 2.18. The van der Waals surface area contributed by atoms with E-state index in [0.717, 1.165) is 18.0 Å². The summed E-state index contributed by atoms with van der Waals surface area (Å²) < 4.78 is 0. The van der Waals surface area contributed by atoms with Gasteiger partial charge < -0.3 is 15.4 Å². The Balaban J connectivity index is 2.30. The number of aromatic amines is 1. The van der Waals surface area contributed by atoms with Crippen LogP contribution < -0.4 is 10.9 Å². The number of aromatic nitrogens is 2. The standard InChI is InChI=1S/C13H11N3O4/c1-7-2-3-9(8(4-7)13(19)20)16-12(18)10-5-15-11(17)6-14-10/h2-6H,1H3,(H,15,17)(H,16,18)(H,19,20). The van der Waals surface area contributed by atoms with Crippen LogP contribution in [-0.4, -0.2) is 27.0 Å². The van der Waals surface area contributed by atoms with Crippen LogP contribution in [0.25, 0.3) is 0 Å². The van der Waals surface area contributed by atoms with E-state index in [-0.39, 0.29) is 16.9 Å². The Morgan fingerprint density at radius 1 is 1.35 bits per heavy atom. The molecular weight excluding hydrogens is 262 g/mol. The van der Waals surface area contributed by atoms with Crippen LogP contribution in [-0.2, 0) is 0 Å². The number of nitrogens with zero attached hydrogens (tertiary/aromatic N) is 1. The summed E-state index contributed by atoms with van der Waals surface area (Å²) in [6.07, 6.45) is 2.13. The van der Waals surface area contributed by atoms with Crippen LogP contribution in [0.1, 0.15) is 26.4 Å². The molecule has 7 nitrogen and oxygen atoms in total. The number of benzene rings is 1. The number of carbonyl (C=O) groups excluding carboxylic acids is 1. The van der Waals surface area contributed by atoms with E-state index in [0.29, 0.717) is 0 Å². The number of carboxylic acid groups (broad SMARTS) is 1. The summed E-state index contributed by atoms with van der Waals surface area (Å²) in [4.78, 5) is 39.9. The first-order valence-corrected chi connectivity index (χ1v) is 5.67. The Labute approximate surface area is 113 Å². The van der Waals surface area contributed by atoms with Crippen molar-refractivity contribution in [1.29, 1.82) is 0 Å². The summed E-state index contributed by atoms with van der Waals surface area (Å²) in [7, 11) is 0. The average molecular weight is 273 g/mol. The van der Waals surface area contributed by atoms with Crippen LogP contribution in [0, 0.1) is 6.92 Å². The third-order valence-corrected chi connectivity index (χ3v) is 2.56. The zero-order valence-electron chi connectivity index (χ0n) is 10.5. The lowest BCUT2D eigenvalue weighted by atomic mass is 10.1. The van der Waals surface area contributed by atoms with Crippen LogP contribution in [0.15, 0.2) is 35.4 Å². The molecule has 7 heteroatoms. The van der Waals surface area contributed by atoms with Gasteiger partial charge in [-0.25, -0.2) is 9.78 Å². The molecule has 0 unspecified atom stereocenters. The van der Waals surface area contributed by atoms with Crippen molar-refractivity contribution >= 4 is 17.6 Å². The zero-order valence-corrected chi connectivity index (χ0v) is 10.5. The van der Waals surface area contributed by atoms with Gasteiger partial charge in [0.25, 0.3) is 11.5 Å². The Morgan fingerprint density at radius 2 is 2.10 bits per heavy atom. The van der Waals surface area contributed by atoms with Crippen LogP contribution in [0.3, 0.4) is 0 Å². The second kappa shape index (κ2) is 5.35. The molecule has 0 atom stereocenters. The normalized spacial score (nSPS) is 10.1. The molecule has 102 valence electrons. The Hall–Kier alpha value is -2.96. The lowest BCUT2D eigenvalue weighted by Crippen LogP contribution is -2.18. The summed E-state index contributed by atoms with van der Waals surface area (Å²) in [5, 5.41) is 11.5. The van der Waals surface area contributed by atoms with Crippen molar-refractivity contribution < 1.29 is 14.7 Å². The maximum Gasteiger partial charge on any atom is 0.337 e. The van der Waals surface area contributed by atoms with E-state index < -0.39 is 17.4 Å². The third kappa shape index (κ3) is 2.89. The van der Waals surface area contributed by atoms with E-state index in [1.807, 2.05) is 0 Å². The summed E-state index contributed by atoms with van der Waals surface area (Å²) in [5.74, 6) is -1.74. The molecule has 20 heavy (non-hydrogen) atoms. The fraction of sp³-hybridized carbons (Fsp3) is 0.0769. The summed E-state index contributed by atoms with van der Waals surface area (Å²) in [6, 6.07) is 4.64. The molecule has 0 aliphatic rings. The molecule has 0 saturated heterocycles. The Morgan fingerprint density at radius 3 is 2.70 bits per heavy atom. The first kappa shape index (κ1) is 13.5. The topological polar surface area (TPSA) is 112 Å². The maximum atomic E-state index is 11.9. The smallest absolute Gasteiger partial charge is 0.337 e. The SMILES string of the molecule is Cc1ccc(NC(=O)c2c[nH]c(=O)cn2)c(C(=O)O)c1. The minimum Gasteiger partial charge on any atom is -0.478 e. The second-order valence-electron chi connectivity index (χ2n) is 4.10. The number of carbonyl (C=O) groups is 2. The van der Waals surface area contributed by atoms with Crippen molar-refractivity contribution in [3.8, 4) is 0 Å². The molecule has 0 aliphatic heterocycles. The van der Waals surface area contributed by atoms with Gasteiger partial charge in [-0.3, -0.25) is 9.59 Å². The first-order chi connectivity index (χ1) is 9.47. The van der Waals surface area contributed by atoms with Crippen LogP contribution in [0.5, 0.6) is 0 Å². The van der Waals surface area contributed by atoms with Gasteiger partial charge in [0.2, 0.25) is 0 Å². The number of rotatable bonds is 3. The van der Waals surface area contributed by atoms with Crippen molar-refractivity contribution in [3.05, 3.63) is 57.8 Å². The highest BCUT2D eigenvalue weighted by molar-refractivity contribution is 6.06. The fourth-order valence-electron chi connectivity index (χ4n) is 1.60. The summed E-state index contributed by atoms with van der Waals surface area (Å²) >= 11 is 0. The van der Waals surface area contributed by atoms with Gasteiger partial charge in [0.05, 0.1) is 17.4 Å². The van der Waals surface area contributed by atoms with Crippen LogP contribution >= 0.6 is 0 Å². The zero-order chi connectivity index (χ0) is 14.7. The first-order valence-electron chi connectivity index (χ1n) is 5.67. The highest BCUT2D eigenvalue weighted by atomic mass is 16.4. The number of nitrogens with one attached hydrogen (secondary N) is 2. The van der Waals surface area contributed by atoms with Gasteiger partial charge in [0.1, 0.15) is 5.69 Å². The van der Waals surface area contributed by atoms with Gasteiger partial charge in [-0.2, -0.15) is 0 Å². The van der Waals surface area contributed by atoms with E-state index in [9.17, 15) is 14.4 Å². The predicted octanol–water partition coefficient (Wildman–Crippen LogP) is 1.03. The van der Waals surface area contributed by atoms with Crippen LogP contribution in [0.2, 0.25) is 0 Å². The average Bonchev–Trinajstić information content (AvgIpc) is 2.41. The molecule has 0 aliphatic carbocycles. The molecule has 1 amide bonds. The largest absolute Gasteiger partial charge is 0.478 e. The minimum absolute atomic E-state index is 0.0113. The number of hydrogen-bond donors (Lipinski definition) is 3. The van der Waals surface area contributed by atoms with Gasteiger partial charge >= 0.3 is 5.97 Å².